The lowest BCUT2D eigenvalue weighted by Crippen LogP contribution is -2.38. The van der Waals surface area contributed by atoms with Gasteiger partial charge in [-0.3, -0.25) is 9.69 Å². The van der Waals surface area contributed by atoms with Crippen LogP contribution in [0.2, 0.25) is 0 Å². The number of nitrogens with two attached hydrogens (primary N) is 1. The Bertz CT molecular complexity index is 340. The Labute approximate surface area is 103 Å². The normalized spacial score (nSPS) is 12.5. The van der Waals surface area contributed by atoms with Crippen LogP contribution in [-0.2, 0) is 4.79 Å². The number of carbonyl (C=O) groups is 1. The second kappa shape index (κ2) is 7.04. The number of nitrogens with zero attached hydrogens (tertiary/aromatic N) is 1. The Morgan fingerprint density at radius 2 is 2.06 bits per heavy atom. The molecule has 94 valence electrons. The quantitative estimate of drug-likeness (QED) is 0.765. The minimum atomic E-state index is 0.0253. The lowest BCUT2D eigenvalue weighted by atomic mass is 10.1. The van der Waals surface area contributed by atoms with Gasteiger partial charge in [0.1, 0.15) is 0 Å². The number of hydrogen-bond acceptors (Lipinski definition) is 3. The standard InChI is InChI=1S/C13H21N3O/c1-11(12-6-4-3-5-7-12)15-13(17)10-16(2)9-8-14/h3-7,11H,8-10,14H2,1-2H3,(H,15,17). The second-order valence-corrected chi connectivity index (χ2v) is 4.23. The zero-order chi connectivity index (χ0) is 12.7. The fraction of sp³-hybridized carbons (Fsp3) is 0.462. The molecule has 1 unspecified atom stereocenters. The molecule has 0 aromatic heterocycles. The van der Waals surface area contributed by atoms with Gasteiger partial charge in [0, 0.05) is 13.1 Å². The van der Waals surface area contributed by atoms with E-state index in [1.165, 1.54) is 0 Å². The van der Waals surface area contributed by atoms with Crippen molar-refractivity contribution in [1.29, 1.82) is 0 Å². The van der Waals surface area contributed by atoms with Gasteiger partial charge in [-0.2, -0.15) is 0 Å². The molecule has 1 amide bonds. The average molecular weight is 235 g/mol. The molecule has 1 atom stereocenters. The van der Waals surface area contributed by atoms with Crippen molar-refractivity contribution in [3.8, 4) is 0 Å². The van der Waals surface area contributed by atoms with E-state index in [1.807, 2.05) is 49.2 Å². The molecular weight excluding hydrogens is 214 g/mol. The number of likely N-dealkylation sites (N-methyl/N-ethyl adjacent to an activating group) is 1. The maximum absolute atomic E-state index is 11.7. The lowest BCUT2D eigenvalue weighted by Gasteiger charge is -2.18. The number of amides is 1. The van der Waals surface area contributed by atoms with Gasteiger partial charge in [0.05, 0.1) is 12.6 Å². The first-order valence-corrected chi connectivity index (χ1v) is 5.86. The van der Waals surface area contributed by atoms with Crippen molar-refractivity contribution in [3.63, 3.8) is 0 Å². The molecule has 0 fully saturated rings. The lowest BCUT2D eigenvalue weighted by molar-refractivity contribution is -0.122. The van der Waals surface area contributed by atoms with Gasteiger partial charge in [0.25, 0.3) is 0 Å². The highest BCUT2D eigenvalue weighted by atomic mass is 16.2. The molecule has 4 heteroatoms. The van der Waals surface area contributed by atoms with Crippen LogP contribution in [0.5, 0.6) is 0 Å². The summed E-state index contributed by atoms with van der Waals surface area (Å²) in [5, 5.41) is 2.96. The Balaban J connectivity index is 2.41. The minimum Gasteiger partial charge on any atom is -0.348 e. The Kier molecular flexibility index (Phi) is 5.66. The molecule has 1 aromatic rings. The molecule has 0 saturated carbocycles. The third-order valence-corrected chi connectivity index (χ3v) is 2.60. The van der Waals surface area contributed by atoms with Gasteiger partial charge < -0.3 is 11.1 Å². The van der Waals surface area contributed by atoms with Gasteiger partial charge in [-0.1, -0.05) is 30.3 Å². The average Bonchev–Trinajstić information content (AvgIpc) is 2.30. The van der Waals surface area contributed by atoms with E-state index in [4.69, 9.17) is 5.73 Å². The fourth-order valence-corrected chi connectivity index (χ4v) is 1.66. The summed E-state index contributed by atoms with van der Waals surface area (Å²) < 4.78 is 0. The highest BCUT2D eigenvalue weighted by Gasteiger charge is 2.10. The van der Waals surface area contributed by atoms with E-state index in [-0.39, 0.29) is 11.9 Å². The van der Waals surface area contributed by atoms with Gasteiger partial charge in [-0.25, -0.2) is 0 Å². The van der Waals surface area contributed by atoms with Crippen LogP contribution in [0.3, 0.4) is 0 Å². The summed E-state index contributed by atoms with van der Waals surface area (Å²) in [5.41, 5.74) is 6.54. The van der Waals surface area contributed by atoms with Crippen LogP contribution in [-0.4, -0.2) is 37.5 Å². The first-order valence-electron chi connectivity index (χ1n) is 5.86. The molecule has 0 aliphatic carbocycles. The zero-order valence-corrected chi connectivity index (χ0v) is 10.5. The van der Waals surface area contributed by atoms with E-state index in [2.05, 4.69) is 5.32 Å². The first-order chi connectivity index (χ1) is 8.13. The van der Waals surface area contributed by atoms with Crippen molar-refractivity contribution in [2.75, 3.05) is 26.7 Å². The van der Waals surface area contributed by atoms with Crippen molar-refractivity contribution in [1.82, 2.24) is 10.2 Å². The molecular formula is C13H21N3O. The molecule has 0 spiro atoms. The molecule has 4 nitrogen and oxygen atoms in total. The summed E-state index contributed by atoms with van der Waals surface area (Å²) in [6.45, 7) is 3.66. The van der Waals surface area contributed by atoms with Crippen molar-refractivity contribution in [2.24, 2.45) is 5.73 Å². The highest BCUT2D eigenvalue weighted by Crippen LogP contribution is 2.10. The third-order valence-electron chi connectivity index (χ3n) is 2.60. The number of hydrogen-bond donors (Lipinski definition) is 2. The largest absolute Gasteiger partial charge is 0.348 e. The van der Waals surface area contributed by atoms with Gasteiger partial charge in [0.15, 0.2) is 0 Å². The number of carbonyl (C=O) groups excluding carboxylic acids is 1. The van der Waals surface area contributed by atoms with Crippen molar-refractivity contribution in [2.45, 2.75) is 13.0 Å². The summed E-state index contributed by atoms with van der Waals surface area (Å²) in [6, 6.07) is 9.96. The van der Waals surface area contributed by atoms with E-state index < -0.39 is 0 Å². The second-order valence-electron chi connectivity index (χ2n) is 4.23. The predicted octanol–water partition coefficient (Wildman–Crippen LogP) is 0.754. The highest BCUT2D eigenvalue weighted by molar-refractivity contribution is 5.78. The summed E-state index contributed by atoms with van der Waals surface area (Å²) >= 11 is 0. The molecule has 3 N–H and O–H groups in total. The van der Waals surface area contributed by atoms with Crippen LogP contribution in [0.25, 0.3) is 0 Å². The SMILES string of the molecule is CC(NC(=O)CN(C)CCN)c1ccccc1. The first kappa shape index (κ1) is 13.7. The number of benzene rings is 1. The van der Waals surface area contributed by atoms with Crippen LogP contribution in [0, 0.1) is 0 Å². The Morgan fingerprint density at radius 1 is 1.41 bits per heavy atom. The van der Waals surface area contributed by atoms with E-state index in [0.29, 0.717) is 13.1 Å². The Hall–Kier alpha value is -1.39. The van der Waals surface area contributed by atoms with Crippen molar-refractivity contribution in [3.05, 3.63) is 35.9 Å². The molecule has 1 rings (SSSR count). The number of nitrogens with one attached hydrogen (secondary N) is 1. The van der Waals surface area contributed by atoms with E-state index in [0.717, 1.165) is 12.1 Å². The fourth-order valence-electron chi connectivity index (χ4n) is 1.66. The van der Waals surface area contributed by atoms with E-state index in [9.17, 15) is 4.79 Å². The molecule has 0 bridgehead atoms. The zero-order valence-electron chi connectivity index (χ0n) is 10.5. The molecule has 0 radical (unpaired) electrons. The monoisotopic (exact) mass is 235 g/mol. The minimum absolute atomic E-state index is 0.0253. The maximum Gasteiger partial charge on any atom is 0.234 e. The summed E-state index contributed by atoms with van der Waals surface area (Å²) in [5.74, 6) is 0.0253. The smallest absolute Gasteiger partial charge is 0.234 e. The van der Waals surface area contributed by atoms with Gasteiger partial charge in [-0.05, 0) is 19.5 Å². The number of rotatable bonds is 6. The predicted molar refractivity (Wildman–Crippen MR) is 69.6 cm³/mol. The maximum atomic E-state index is 11.7. The van der Waals surface area contributed by atoms with Crippen molar-refractivity contribution >= 4 is 5.91 Å². The van der Waals surface area contributed by atoms with Gasteiger partial charge in [0.2, 0.25) is 5.91 Å². The molecule has 0 aliphatic heterocycles. The van der Waals surface area contributed by atoms with Crippen LogP contribution in [0.1, 0.15) is 18.5 Å². The van der Waals surface area contributed by atoms with E-state index >= 15 is 0 Å². The Morgan fingerprint density at radius 3 is 2.65 bits per heavy atom. The summed E-state index contributed by atoms with van der Waals surface area (Å²) in [4.78, 5) is 13.6. The van der Waals surface area contributed by atoms with Crippen LogP contribution in [0.15, 0.2) is 30.3 Å². The van der Waals surface area contributed by atoms with Gasteiger partial charge >= 0.3 is 0 Å². The molecule has 1 aromatic carbocycles. The topological polar surface area (TPSA) is 58.4 Å². The van der Waals surface area contributed by atoms with Crippen LogP contribution in [0.4, 0.5) is 0 Å². The summed E-state index contributed by atoms with van der Waals surface area (Å²) in [6.07, 6.45) is 0. The molecule has 17 heavy (non-hydrogen) atoms. The molecule has 0 aliphatic rings. The van der Waals surface area contributed by atoms with Crippen LogP contribution >= 0.6 is 0 Å². The third kappa shape index (κ3) is 4.97. The summed E-state index contributed by atoms with van der Waals surface area (Å²) in [7, 11) is 1.89. The van der Waals surface area contributed by atoms with Crippen LogP contribution < -0.4 is 11.1 Å². The van der Waals surface area contributed by atoms with Gasteiger partial charge in [-0.15, -0.1) is 0 Å². The molecule has 0 heterocycles. The van der Waals surface area contributed by atoms with Crippen molar-refractivity contribution < 1.29 is 4.79 Å². The van der Waals surface area contributed by atoms with E-state index in [1.54, 1.807) is 0 Å². The molecule has 0 saturated heterocycles.